The number of aromatic nitrogens is 3. The van der Waals surface area contributed by atoms with Crippen LogP contribution in [-0.2, 0) is 35.1 Å². The molecule has 4 rings (SSSR count). The van der Waals surface area contributed by atoms with Gasteiger partial charge in [0.05, 0.1) is 18.9 Å². The van der Waals surface area contributed by atoms with Crippen LogP contribution in [0.3, 0.4) is 0 Å². The standard InChI is InChI=1S/C21H32N6O3S2/c1-17-14-26(15-18(2)30-17)32(28,29)25-11-9-24(10-12-25)16-27-21(31)23(3)20(22-27)13-19-7-5-4-6-8-19/h4-8,17-18H,9-16H2,1-3H3. The maximum Gasteiger partial charge on any atom is 0.282 e. The maximum absolute atomic E-state index is 13.1. The smallest absolute Gasteiger partial charge is 0.282 e. The van der Waals surface area contributed by atoms with Gasteiger partial charge in [0.2, 0.25) is 0 Å². The predicted molar refractivity (Wildman–Crippen MR) is 125 cm³/mol. The van der Waals surface area contributed by atoms with Gasteiger partial charge in [-0.15, -0.1) is 0 Å². The zero-order valence-electron chi connectivity index (χ0n) is 18.9. The highest BCUT2D eigenvalue weighted by Gasteiger charge is 2.36. The highest BCUT2D eigenvalue weighted by atomic mass is 32.2. The lowest BCUT2D eigenvalue weighted by Gasteiger charge is -2.40. The second-order valence-electron chi connectivity index (χ2n) is 8.66. The Hall–Kier alpha value is -1.63. The summed E-state index contributed by atoms with van der Waals surface area (Å²) in [6, 6.07) is 10.2. The SMILES string of the molecule is CC1CN(S(=O)(=O)N2CCN(Cn3nc(Cc4ccccc4)n(C)c3=S)CC2)CC(C)O1. The Morgan fingerprint density at radius 1 is 1.03 bits per heavy atom. The van der Waals surface area contributed by atoms with Crippen LogP contribution in [-0.4, -0.2) is 87.8 Å². The summed E-state index contributed by atoms with van der Waals surface area (Å²) in [7, 11) is -1.54. The van der Waals surface area contributed by atoms with Gasteiger partial charge in [-0.05, 0) is 31.6 Å². The van der Waals surface area contributed by atoms with Gasteiger partial charge in [0, 0.05) is 52.7 Å². The minimum Gasteiger partial charge on any atom is -0.373 e. The van der Waals surface area contributed by atoms with Crippen molar-refractivity contribution in [3.05, 3.63) is 46.5 Å². The molecule has 3 heterocycles. The molecule has 2 aromatic rings. The molecule has 2 aliphatic heterocycles. The first-order chi connectivity index (χ1) is 15.2. The summed E-state index contributed by atoms with van der Waals surface area (Å²) >= 11 is 5.60. The molecule has 0 amide bonds. The van der Waals surface area contributed by atoms with Gasteiger partial charge in [-0.3, -0.25) is 4.90 Å². The zero-order valence-corrected chi connectivity index (χ0v) is 20.6. The molecule has 0 spiro atoms. The van der Waals surface area contributed by atoms with E-state index in [2.05, 4.69) is 17.0 Å². The van der Waals surface area contributed by atoms with Gasteiger partial charge in [0.15, 0.2) is 4.77 Å². The van der Waals surface area contributed by atoms with Crippen molar-refractivity contribution in [3.8, 4) is 0 Å². The van der Waals surface area contributed by atoms with E-state index in [0.717, 1.165) is 12.2 Å². The molecule has 0 aliphatic carbocycles. The highest BCUT2D eigenvalue weighted by molar-refractivity contribution is 7.86. The summed E-state index contributed by atoms with van der Waals surface area (Å²) in [5.74, 6) is 0.915. The van der Waals surface area contributed by atoms with E-state index < -0.39 is 10.2 Å². The molecule has 0 bridgehead atoms. The third kappa shape index (κ3) is 5.13. The number of nitrogens with zero attached hydrogens (tertiary/aromatic N) is 6. The van der Waals surface area contributed by atoms with Gasteiger partial charge in [0.25, 0.3) is 10.2 Å². The number of benzene rings is 1. The Morgan fingerprint density at radius 2 is 1.66 bits per heavy atom. The number of rotatable bonds is 6. The normalized spacial score (nSPS) is 24.1. The van der Waals surface area contributed by atoms with E-state index >= 15 is 0 Å². The van der Waals surface area contributed by atoms with Crippen LogP contribution in [0.2, 0.25) is 0 Å². The molecule has 2 saturated heterocycles. The van der Waals surface area contributed by atoms with Crippen molar-refractivity contribution in [2.75, 3.05) is 39.3 Å². The Morgan fingerprint density at radius 3 is 2.28 bits per heavy atom. The van der Waals surface area contributed by atoms with Crippen LogP contribution in [0.1, 0.15) is 25.2 Å². The molecule has 0 N–H and O–H groups in total. The van der Waals surface area contributed by atoms with E-state index in [1.807, 2.05) is 48.3 Å². The van der Waals surface area contributed by atoms with Crippen molar-refractivity contribution in [2.24, 2.45) is 7.05 Å². The van der Waals surface area contributed by atoms with Crippen LogP contribution in [0.15, 0.2) is 30.3 Å². The minimum atomic E-state index is -3.48. The zero-order chi connectivity index (χ0) is 22.9. The van der Waals surface area contributed by atoms with E-state index in [1.165, 1.54) is 5.56 Å². The number of hydrogen-bond acceptors (Lipinski definition) is 6. The van der Waals surface area contributed by atoms with Gasteiger partial charge in [-0.1, -0.05) is 30.3 Å². The maximum atomic E-state index is 13.1. The number of morpholine rings is 1. The Bertz CT molecular complexity index is 1070. The summed E-state index contributed by atoms with van der Waals surface area (Å²) in [5, 5.41) is 4.74. The molecule has 2 aliphatic rings. The van der Waals surface area contributed by atoms with Gasteiger partial charge in [0.1, 0.15) is 5.82 Å². The van der Waals surface area contributed by atoms with Gasteiger partial charge in [-0.2, -0.15) is 22.1 Å². The van der Waals surface area contributed by atoms with E-state index in [4.69, 9.17) is 22.1 Å². The fourth-order valence-electron chi connectivity index (χ4n) is 4.33. The molecule has 11 heteroatoms. The van der Waals surface area contributed by atoms with Crippen LogP contribution in [0.4, 0.5) is 0 Å². The average molecular weight is 481 g/mol. The Balaban J connectivity index is 1.37. The average Bonchev–Trinajstić information content (AvgIpc) is 3.02. The van der Waals surface area contributed by atoms with Crippen LogP contribution in [0.5, 0.6) is 0 Å². The molecular weight excluding hydrogens is 448 g/mol. The largest absolute Gasteiger partial charge is 0.373 e. The minimum absolute atomic E-state index is 0.0917. The lowest BCUT2D eigenvalue weighted by molar-refractivity contribution is -0.0458. The highest BCUT2D eigenvalue weighted by Crippen LogP contribution is 2.19. The van der Waals surface area contributed by atoms with Crippen LogP contribution in [0, 0.1) is 4.77 Å². The number of hydrogen-bond donors (Lipinski definition) is 0. The van der Waals surface area contributed by atoms with Gasteiger partial charge < -0.3 is 9.30 Å². The summed E-state index contributed by atoms with van der Waals surface area (Å²) < 4.78 is 39.5. The lowest BCUT2D eigenvalue weighted by atomic mass is 10.1. The monoisotopic (exact) mass is 480 g/mol. The van der Waals surface area contributed by atoms with Crippen molar-refractivity contribution < 1.29 is 13.2 Å². The summed E-state index contributed by atoms with van der Waals surface area (Å²) in [6.45, 7) is 7.39. The molecule has 0 saturated carbocycles. The summed E-state index contributed by atoms with van der Waals surface area (Å²) in [4.78, 5) is 2.20. The van der Waals surface area contributed by atoms with Crippen LogP contribution in [0.25, 0.3) is 0 Å². The van der Waals surface area contributed by atoms with E-state index in [-0.39, 0.29) is 12.2 Å². The third-order valence-electron chi connectivity index (χ3n) is 6.04. The molecule has 1 aromatic heterocycles. The molecule has 2 fully saturated rings. The molecule has 32 heavy (non-hydrogen) atoms. The summed E-state index contributed by atoms with van der Waals surface area (Å²) in [6.07, 6.45) is 0.535. The topological polar surface area (TPSA) is 75.8 Å². The predicted octanol–water partition coefficient (Wildman–Crippen LogP) is 1.47. The third-order valence-corrected chi connectivity index (χ3v) is 8.49. The van der Waals surface area contributed by atoms with E-state index in [0.29, 0.717) is 50.7 Å². The second kappa shape index (κ2) is 9.70. The van der Waals surface area contributed by atoms with E-state index in [9.17, 15) is 8.42 Å². The fourth-order valence-corrected chi connectivity index (χ4v) is 6.28. The van der Waals surface area contributed by atoms with Crippen molar-refractivity contribution in [1.29, 1.82) is 0 Å². The quantitative estimate of drug-likeness (QED) is 0.583. The van der Waals surface area contributed by atoms with Crippen molar-refractivity contribution in [2.45, 2.75) is 39.1 Å². The second-order valence-corrected chi connectivity index (χ2v) is 11.0. The number of piperazine rings is 1. The molecule has 176 valence electrons. The van der Waals surface area contributed by atoms with Crippen molar-refractivity contribution in [1.82, 2.24) is 27.9 Å². The Labute approximate surface area is 195 Å². The number of ether oxygens (including phenoxy) is 1. The summed E-state index contributed by atoms with van der Waals surface area (Å²) in [5.41, 5.74) is 1.19. The van der Waals surface area contributed by atoms with Crippen LogP contribution < -0.4 is 0 Å². The molecular formula is C21H32N6O3S2. The molecule has 1 aromatic carbocycles. The fraction of sp³-hybridized carbons (Fsp3) is 0.619. The van der Waals surface area contributed by atoms with E-state index in [1.54, 1.807) is 8.61 Å². The first-order valence-electron chi connectivity index (χ1n) is 11.0. The lowest BCUT2D eigenvalue weighted by Crippen LogP contribution is -2.57. The van der Waals surface area contributed by atoms with Gasteiger partial charge in [-0.25, -0.2) is 4.68 Å². The molecule has 2 unspecified atom stereocenters. The molecule has 2 atom stereocenters. The Kier molecular flexibility index (Phi) is 7.13. The van der Waals surface area contributed by atoms with Crippen LogP contribution >= 0.6 is 12.2 Å². The van der Waals surface area contributed by atoms with Crippen molar-refractivity contribution in [3.63, 3.8) is 0 Å². The first-order valence-corrected chi connectivity index (χ1v) is 12.8. The van der Waals surface area contributed by atoms with Crippen molar-refractivity contribution >= 4 is 22.4 Å². The molecule has 9 nitrogen and oxygen atoms in total. The molecule has 0 radical (unpaired) electrons. The first kappa shape index (κ1) is 23.5. The van der Waals surface area contributed by atoms with Gasteiger partial charge >= 0.3 is 0 Å².